The van der Waals surface area contributed by atoms with Crippen molar-refractivity contribution in [3.63, 3.8) is 0 Å². The van der Waals surface area contributed by atoms with Gasteiger partial charge in [0.2, 0.25) is 0 Å². The average molecular weight is 307 g/mol. The first-order valence-corrected chi connectivity index (χ1v) is 8.23. The van der Waals surface area contributed by atoms with Gasteiger partial charge >= 0.3 is 0 Å². The Morgan fingerprint density at radius 1 is 1.33 bits per heavy atom. The van der Waals surface area contributed by atoms with Gasteiger partial charge in [-0.05, 0) is 36.7 Å². The van der Waals surface area contributed by atoms with Gasteiger partial charge in [-0.1, -0.05) is 25.7 Å². The molecule has 0 radical (unpaired) electrons. The van der Waals surface area contributed by atoms with E-state index in [-0.39, 0.29) is 12.4 Å². The standard InChI is InChI=1S/C17H22FNOS/c1-17(2)5-6-19(7-9-21-17)13-15-10-14(4-3-8-20)11-16(18)12-15/h10-12,20H,5-9,13H2,1-2H3. The molecule has 0 amide bonds. The summed E-state index contributed by atoms with van der Waals surface area (Å²) in [5.74, 6) is 6.19. The maximum absolute atomic E-state index is 13.7. The number of aliphatic hydroxyl groups excluding tert-OH is 1. The lowest BCUT2D eigenvalue weighted by molar-refractivity contribution is 0.276. The first-order chi connectivity index (χ1) is 9.98. The summed E-state index contributed by atoms with van der Waals surface area (Å²) in [5.41, 5.74) is 1.57. The summed E-state index contributed by atoms with van der Waals surface area (Å²) >= 11 is 2.01. The largest absolute Gasteiger partial charge is 0.384 e. The molecule has 1 aliphatic rings. The monoisotopic (exact) mass is 307 g/mol. The average Bonchev–Trinajstić information content (AvgIpc) is 2.57. The van der Waals surface area contributed by atoms with Crippen molar-refractivity contribution < 1.29 is 9.50 Å². The predicted octanol–water partition coefficient (Wildman–Crippen LogP) is 2.89. The molecular formula is C17H22FNOS. The third kappa shape index (κ3) is 5.35. The van der Waals surface area contributed by atoms with Crippen LogP contribution in [0.25, 0.3) is 0 Å². The van der Waals surface area contributed by atoms with Crippen LogP contribution in [0, 0.1) is 17.7 Å². The Bertz CT molecular complexity index is 547. The second-order valence-electron chi connectivity index (χ2n) is 5.94. The lowest BCUT2D eigenvalue weighted by atomic mass is 10.1. The van der Waals surface area contributed by atoms with Gasteiger partial charge in [0.1, 0.15) is 12.4 Å². The van der Waals surface area contributed by atoms with Gasteiger partial charge in [-0.15, -0.1) is 0 Å². The molecule has 1 aromatic rings. The highest BCUT2D eigenvalue weighted by Gasteiger charge is 2.23. The second kappa shape index (κ2) is 7.31. The van der Waals surface area contributed by atoms with Gasteiger partial charge in [-0.3, -0.25) is 4.90 Å². The Morgan fingerprint density at radius 3 is 2.90 bits per heavy atom. The predicted molar refractivity (Wildman–Crippen MR) is 86.8 cm³/mol. The Hall–Kier alpha value is -1.02. The summed E-state index contributed by atoms with van der Waals surface area (Å²) in [6, 6.07) is 4.90. The zero-order valence-electron chi connectivity index (χ0n) is 12.7. The van der Waals surface area contributed by atoms with E-state index in [9.17, 15) is 4.39 Å². The first kappa shape index (κ1) is 16.4. The number of thioether (sulfide) groups is 1. The van der Waals surface area contributed by atoms with Gasteiger partial charge in [0.25, 0.3) is 0 Å². The van der Waals surface area contributed by atoms with Crippen LogP contribution in [0.15, 0.2) is 18.2 Å². The Morgan fingerprint density at radius 2 is 2.14 bits per heavy atom. The highest BCUT2D eigenvalue weighted by Crippen LogP contribution is 2.31. The van der Waals surface area contributed by atoms with Crippen molar-refractivity contribution in [3.05, 3.63) is 35.1 Å². The fraction of sp³-hybridized carbons (Fsp3) is 0.529. The maximum atomic E-state index is 13.7. The van der Waals surface area contributed by atoms with Crippen LogP contribution in [0.1, 0.15) is 31.4 Å². The zero-order chi connectivity index (χ0) is 15.3. The third-order valence-corrected chi connectivity index (χ3v) is 4.98. The quantitative estimate of drug-likeness (QED) is 0.850. The van der Waals surface area contributed by atoms with Crippen molar-refractivity contribution in [1.82, 2.24) is 4.90 Å². The Labute approximate surface area is 130 Å². The van der Waals surface area contributed by atoms with E-state index in [1.807, 2.05) is 17.8 Å². The van der Waals surface area contributed by atoms with Crippen LogP contribution < -0.4 is 0 Å². The molecule has 0 saturated carbocycles. The fourth-order valence-corrected chi connectivity index (χ4v) is 3.57. The summed E-state index contributed by atoms with van der Waals surface area (Å²) in [6.45, 7) is 7.18. The van der Waals surface area contributed by atoms with Crippen molar-refractivity contribution in [2.45, 2.75) is 31.6 Å². The second-order valence-corrected chi connectivity index (χ2v) is 7.74. The van der Waals surface area contributed by atoms with E-state index >= 15 is 0 Å². The molecule has 4 heteroatoms. The van der Waals surface area contributed by atoms with Crippen LogP contribution in [0.4, 0.5) is 4.39 Å². The molecule has 0 unspecified atom stereocenters. The van der Waals surface area contributed by atoms with E-state index in [1.54, 1.807) is 6.07 Å². The minimum absolute atomic E-state index is 0.204. The minimum atomic E-state index is -0.265. The molecule has 0 bridgehead atoms. The summed E-state index contributed by atoms with van der Waals surface area (Å²) in [6.07, 6.45) is 1.14. The molecule has 1 N–H and O–H groups in total. The van der Waals surface area contributed by atoms with E-state index in [4.69, 9.17) is 5.11 Å². The SMILES string of the molecule is CC1(C)CCN(Cc2cc(F)cc(C#CCO)c2)CCS1. The van der Waals surface area contributed by atoms with Crippen molar-refractivity contribution in [1.29, 1.82) is 0 Å². The van der Waals surface area contributed by atoms with Crippen LogP contribution in [0.5, 0.6) is 0 Å². The number of hydrogen-bond donors (Lipinski definition) is 1. The highest BCUT2D eigenvalue weighted by atomic mass is 32.2. The van der Waals surface area contributed by atoms with Crippen LogP contribution in [0.3, 0.4) is 0 Å². The van der Waals surface area contributed by atoms with E-state index in [0.29, 0.717) is 10.3 Å². The summed E-state index contributed by atoms with van der Waals surface area (Å²) < 4.78 is 14.0. The topological polar surface area (TPSA) is 23.5 Å². The number of aliphatic hydroxyl groups is 1. The smallest absolute Gasteiger partial charge is 0.124 e. The van der Waals surface area contributed by atoms with Crippen LogP contribution in [-0.2, 0) is 6.54 Å². The van der Waals surface area contributed by atoms with Crippen molar-refractivity contribution in [2.24, 2.45) is 0 Å². The molecule has 1 aliphatic heterocycles. The van der Waals surface area contributed by atoms with Crippen LogP contribution in [0.2, 0.25) is 0 Å². The van der Waals surface area contributed by atoms with Crippen molar-refractivity contribution in [2.75, 3.05) is 25.4 Å². The lowest BCUT2D eigenvalue weighted by Gasteiger charge is -2.22. The van der Waals surface area contributed by atoms with Gasteiger partial charge in [0, 0.05) is 29.2 Å². The number of benzene rings is 1. The number of nitrogens with zero attached hydrogens (tertiary/aromatic N) is 1. The Balaban J connectivity index is 2.07. The molecular weight excluding hydrogens is 285 g/mol. The molecule has 21 heavy (non-hydrogen) atoms. The number of rotatable bonds is 2. The molecule has 1 fully saturated rings. The minimum Gasteiger partial charge on any atom is -0.384 e. The van der Waals surface area contributed by atoms with E-state index < -0.39 is 0 Å². The Kier molecular flexibility index (Phi) is 5.69. The molecule has 0 spiro atoms. The summed E-state index contributed by atoms with van der Waals surface area (Å²) in [4.78, 5) is 2.37. The van der Waals surface area contributed by atoms with Crippen molar-refractivity contribution in [3.8, 4) is 11.8 Å². The van der Waals surface area contributed by atoms with Gasteiger partial charge < -0.3 is 5.11 Å². The lowest BCUT2D eigenvalue weighted by Crippen LogP contribution is -2.26. The van der Waals surface area contributed by atoms with Crippen LogP contribution >= 0.6 is 11.8 Å². The van der Waals surface area contributed by atoms with Gasteiger partial charge in [0.15, 0.2) is 0 Å². The van der Waals surface area contributed by atoms with Gasteiger partial charge in [-0.25, -0.2) is 4.39 Å². The number of hydrogen-bond acceptors (Lipinski definition) is 3. The summed E-state index contributed by atoms with van der Waals surface area (Å²) in [5, 5.41) is 8.73. The molecule has 1 heterocycles. The third-order valence-electron chi connectivity index (χ3n) is 3.61. The molecule has 0 aromatic heterocycles. The van der Waals surface area contributed by atoms with Gasteiger partial charge in [-0.2, -0.15) is 11.8 Å². The molecule has 1 aromatic carbocycles. The van der Waals surface area contributed by atoms with E-state index in [0.717, 1.165) is 37.4 Å². The summed E-state index contributed by atoms with van der Waals surface area (Å²) in [7, 11) is 0. The maximum Gasteiger partial charge on any atom is 0.124 e. The zero-order valence-corrected chi connectivity index (χ0v) is 13.5. The molecule has 0 atom stereocenters. The molecule has 2 nitrogen and oxygen atoms in total. The molecule has 114 valence electrons. The van der Waals surface area contributed by atoms with E-state index in [1.165, 1.54) is 6.07 Å². The first-order valence-electron chi connectivity index (χ1n) is 7.24. The molecule has 1 saturated heterocycles. The molecule has 2 rings (SSSR count). The van der Waals surface area contributed by atoms with Gasteiger partial charge in [0.05, 0.1) is 0 Å². The fourth-order valence-electron chi connectivity index (χ4n) is 2.43. The van der Waals surface area contributed by atoms with E-state index in [2.05, 4.69) is 30.6 Å². The highest BCUT2D eigenvalue weighted by molar-refractivity contribution is 8.00. The normalized spacial score (nSPS) is 18.7. The molecule has 0 aliphatic carbocycles. The van der Waals surface area contributed by atoms with Crippen molar-refractivity contribution >= 4 is 11.8 Å². The number of halogens is 1. The van der Waals surface area contributed by atoms with Crippen LogP contribution in [-0.4, -0.2) is 40.2 Å².